The number of hydrogen-bond donors (Lipinski definition) is 1. The van der Waals surface area contributed by atoms with Gasteiger partial charge in [0.05, 0.1) is 6.33 Å². The second kappa shape index (κ2) is 5.24. The maximum Gasteiger partial charge on any atom is 0.0921 e. The monoisotopic (exact) mass is 236 g/mol. The second-order valence-electron chi connectivity index (χ2n) is 6.62. The highest BCUT2D eigenvalue weighted by atomic mass is 14.9. The lowest BCUT2D eigenvalue weighted by Crippen LogP contribution is -2.27. The molecule has 0 radical (unpaired) electrons. The molecule has 2 heteroatoms. The van der Waals surface area contributed by atoms with Gasteiger partial charge in [-0.1, -0.05) is 54.4 Å². The normalized spacial score (nSPS) is 14.9. The lowest BCUT2D eigenvalue weighted by atomic mass is 9.67. The molecule has 17 heavy (non-hydrogen) atoms. The fraction of sp³-hybridized carbons (Fsp3) is 0.800. The smallest absolute Gasteiger partial charge is 0.0921 e. The quantitative estimate of drug-likeness (QED) is 0.758. The van der Waals surface area contributed by atoms with Crippen molar-refractivity contribution in [3.8, 4) is 0 Å². The highest BCUT2D eigenvalue weighted by Gasteiger charge is 2.34. The van der Waals surface area contributed by atoms with Crippen molar-refractivity contribution in [2.45, 2.75) is 66.7 Å². The Morgan fingerprint density at radius 1 is 1.18 bits per heavy atom. The van der Waals surface area contributed by atoms with Crippen molar-refractivity contribution in [2.24, 2.45) is 10.8 Å². The number of nitrogens with zero attached hydrogens (tertiary/aromatic N) is 1. The standard InChI is InChI=1S/C15H28N2/c1-7-14(3,4)9-12(15(5,6)8-2)13-10-16-11-17-13/h10-12H,7-9H2,1-6H3,(H,16,17). The van der Waals surface area contributed by atoms with Crippen molar-refractivity contribution >= 4 is 0 Å². The summed E-state index contributed by atoms with van der Waals surface area (Å²) >= 11 is 0. The minimum Gasteiger partial charge on any atom is -0.348 e. The van der Waals surface area contributed by atoms with E-state index in [1.54, 1.807) is 6.33 Å². The van der Waals surface area contributed by atoms with Crippen LogP contribution in [0.3, 0.4) is 0 Å². The van der Waals surface area contributed by atoms with E-state index in [1.165, 1.54) is 25.0 Å². The number of imidazole rings is 1. The first-order chi connectivity index (χ1) is 7.82. The Bertz CT molecular complexity index is 323. The molecule has 1 heterocycles. The Balaban J connectivity index is 2.96. The van der Waals surface area contributed by atoms with Gasteiger partial charge in [-0.3, -0.25) is 0 Å². The van der Waals surface area contributed by atoms with E-state index < -0.39 is 0 Å². The van der Waals surface area contributed by atoms with E-state index in [-0.39, 0.29) is 0 Å². The average Bonchev–Trinajstić information content (AvgIpc) is 2.79. The minimum atomic E-state index is 0.318. The van der Waals surface area contributed by atoms with Gasteiger partial charge in [-0.25, -0.2) is 4.98 Å². The van der Waals surface area contributed by atoms with Gasteiger partial charge < -0.3 is 4.98 Å². The van der Waals surface area contributed by atoms with Gasteiger partial charge in [0.1, 0.15) is 0 Å². The summed E-state index contributed by atoms with van der Waals surface area (Å²) in [4.78, 5) is 7.50. The zero-order chi connectivity index (χ0) is 13.1. The van der Waals surface area contributed by atoms with Crippen molar-refractivity contribution < 1.29 is 0 Å². The minimum absolute atomic E-state index is 0.318. The molecule has 0 aromatic carbocycles. The number of H-pyrrole nitrogens is 1. The number of rotatable bonds is 6. The van der Waals surface area contributed by atoms with Crippen LogP contribution in [0.2, 0.25) is 0 Å². The highest BCUT2D eigenvalue weighted by molar-refractivity contribution is 5.09. The third-order valence-electron chi connectivity index (χ3n) is 4.46. The van der Waals surface area contributed by atoms with Crippen LogP contribution in [0.15, 0.2) is 12.5 Å². The molecule has 1 aromatic rings. The average molecular weight is 236 g/mol. The molecule has 0 bridgehead atoms. The Morgan fingerprint density at radius 3 is 2.24 bits per heavy atom. The van der Waals surface area contributed by atoms with Crippen molar-refractivity contribution in [1.29, 1.82) is 0 Å². The van der Waals surface area contributed by atoms with Crippen LogP contribution in [-0.2, 0) is 0 Å². The predicted molar refractivity (Wildman–Crippen MR) is 74.1 cm³/mol. The van der Waals surface area contributed by atoms with Crippen LogP contribution in [0, 0.1) is 10.8 Å². The van der Waals surface area contributed by atoms with Gasteiger partial charge in [-0.05, 0) is 17.3 Å². The highest BCUT2D eigenvalue weighted by Crippen LogP contribution is 2.45. The lowest BCUT2D eigenvalue weighted by molar-refractivity contribution is 0.185. The molecule has 0 aliphatic rings. The van der Waals surface area contributed by atoms with Gasteiger partial charge in [0.2, 0.25) is 0 Å². The molecule has 0 saturated heterocycles. The van der Waals surface area contributed by atoms with Gasteiger partial charge in [0, 0.05) is 17.8 Å². The molecular formula is C15H28N2. The summed E-state index contributed by atoms with van der Waals surface area (Å²) in [5.41, 5.74) is 2.00. The lowest BCUT2D eigenvalue weighted by Gasteiger charge is -2.38. The summed E-state index contributed by atoms with van der Waals surface area (Å²) < 4.78 is 0. The molecule has 1 unspecified atom stereocenters. The zero-order valence-corrected chi connectivity index (χ0v) is 12.3. The summed E-state index contributed by atoms with van der Waals surface area (Å²) in [7, 11) is 0. The number of nitrogens with one attached hydrogen (secondary N) is 1. The molecule has 0 saturated carbocycles. The van der Waals surface area contributed by atoms with E-state index in [9.17, 15) is 0 Å². The van der Waals surface area contributed by atoms with Crippen LogP contribution in [0.1, 0.15) is 72.4 Å². The maximum absolute atomic E-state index is 4.19. The fourth-order valence-electron chi connectivity index (χ4n) is 2.21. The van der Waals surface area contributed by atoms with Crippen LogP contribution in [0.5, 0.6) is 0 Å². The summed E-state index contributed by atoms with van der Waals surface area (Å²) in [6.07, 6.45) is 7.42. The Morgan fingerprint density at radius 2 is 1.82 bits per heavy atom. The molecule has 1 atom stereocenters. The van der Waals surface area contributed by atoms with Gasteiger partial charge >= 0.3 is 0 Å². The SMILES string of the molecule is CCC(C)(C)CC(c1cnc[nH]1)C(C)(C)CC. The molecular weight excluding hydrogens is 208 g/mol. The molecule has 0 aliphatic heterocycles. The Labute approximate surface area is 106 Å². The molecule has 0 fully saturated rings. The van der Waals surface area contributed by atoms with E-state index in [2.05, 4.69) is 51.5 Å². The summed E-state index contributed by atoms with van der Waals surface area (Å²) in [6.45, 7) is 14.0. The number of aromatic nitrogens is 2. The largest absolute Gasteiger partial charge is 0.348 e. The Hall–Kier alpha value is -0.790. The third-order valence-corrected chi connectivity index (χ3v) is 4.46. The summed E-state index contributed by atoms with van der Waals surface area (Å²) in [5.74, 6) is 0.560. The van der Waals surface area contributed by atoms with Crippen LogP contribution >= 0.6 is 0 Å². The van der Waals surface area contributed by atoms with Crippen LogP contribution in [0.25, 0.3) is 0 Å². The maximum atomic E-state index is 4.19. The Kier molecular flexibility index (Phi) is 4.40. The molecule has 98 valence electrons. The van der Waals surface area contributed by atoms with E-state index in [0.717, 1.165) is 0 Å². The first-order valence-electron chi connectivity index (χ1n) is 6.80. The van der Waals surface area contributed by atoms with E-state index in [4.69, 9.17) is 0 Å². The molecule has 0 aliphatic carbocycles. The van der Waals surface area contributed by atoms with E-state index >= 15 is 0 Å². The molecule has 2 nitrogen and oxygen atoms in total. The van der Waals surface area contributed by atoms with Crippen molar-refractivity contribution in [1.82, 2.24) is 9.97 Å². The van der Waals surface area contributed by atoms with Gasteiger partial charge in [0.25, 0.3) is 0 Å². The van der Waals surface area contributed by atoms with Gasteiger partial charge in [-0.15, -0.1) is 0 Å². The van der Waals surface area contributed by atoms with Crippen molar-refractivity contribution in [3.05, 3.63) is 18.2 Å². The van der Waals surface area contributed by atoms with Crippen LogP contribution in [-0.4, -0.2) is 9.97 Å². The van der Waals surface area contributed by atoms with Gasteiger partial charge in [-0.2, -0.15) is 0 Å². The van der Waals surface area contributed by atoms with Crippen LogP contribution in [0.4, 0.5) is 0 Å². The fourth-order valence-corrected chi connectivity index (χ4v) is 2.21. The second-order valence-corrected chi connectivity index (χ2v) is 6.62. The number of hydrogen-bond acceptors (Lipinski definition) is 1. The zero-order valence-electron chi connectivity index (χ0n) is 12.3. The van der Waals surface area contributed by atoms with Crippen molar-refractivity contribution in [3.63, 3.8) is 0 Å². The first kappa shape index (κ1) is 14.3. The molecule has 0 amide bonds. The number of aromatic amines is 1. The van der Waals surface area contributed by atoms with Gasteiger partial charge in [0.15, 0.2) is 0 Å². The van der Waals surface area contributed by atoms with Crippen LogP contribution < -0.4 is 0 Å². The third kappa shape index (κ3) is 3.58. The van der Waals surface area contributed by atoms with E-state index in [0.29, 0.717) is 16.7 Å². The molecule has 1 N–H and O–H groups in total. The summed E-state index contributed by atoms with van der Waals surface area (Å²) in [6, 6.07) is 0. The predicted octanol–water partition coefficient (Wildman–Crippen LogP) is 4.76. The summed E-state index contributed by atoms with van der Waals surface area (Å²) in [5, 5.41) is 0. The topological polar surface area (TPSA) is 28.7 Å². The van der Waals surface area contributed by atoms with E-state index in [1.807, 2.05) is 6.20 Å². The molecule has 1 rings (SSSR count). The first-order valence-corrected chi connectivity index (χ1v) is 6.80. The van der Waals surface area contributed by atoms with Crippen molar-refractivity contribution in [2.75, 3.05) is 0 Å². The molecule has 1 aromatic heterocycles. The molecule has 0 spiro atoms.